The summed E-state index contributed by atoms with van der Waals surface area (Å²) < 4.78 is 12.8. The lowest BCUT2D eigenvalue weighted by Crippen LogP contribution is -2.43. The van der Waals surface area contributed by atoms with Gasteiger partial charge in [0.15, 0.2) is 5.82 Å². The summed E-state index contributed by atoms with van der Waals surface area (Å²) in [5.74, 6) is -1.83. The van der Waals surface area contributed by atoms with Crippen LogP contribution in [-0.2, 0) is 15.6 Å². The summed E-state index contributed by atoms with van der Waals surface area (Å²) in [6.45, 7) is 1.72. The molecule has 3 aromatic rings. The Morgan fingerprint density at radius 2 is 1.91 bits per heavy atom. The highest BCUT2D eigenvalue weighted by molar-refractivity contribution is 9.10. The molecule has 1 aromatic carbocycles. The molecule has 1 unspecified atom stereocenters. The van der Waals surface area contributed by atoms with Crippen LogP contribution in [0.5, 0.6) is 0 Å². The summed E-state index contributed by atoms with van der Waals surface area (Å²) in [6.07, 6.45) is 2.89. The third-order valence-corrected chi connectivity index (χ3v) is 5.61. The fraction of sp³-hybridized carbons (Fsp3) is 0.150. The van der Waals surface area contributed by atoms with Gasteiger partial charge >= 0.3 is 0 Å². The number of halogens is 2. The van der Waals surface area contributed by atoms with Gasteiger partial charge < -0.3 is 5.32 Å². The van der Waals surface area contributed by atoms with Crippen LogP contribution in [0.4, 0.5) is 5.69 Å². The molecule has 3 amide bonds. The first-order valence-electron chi connectivity index (χ1n) is 9.34. The molecule has 0 aliphatic rings. The third kappa shape index (κ3) is 6.03. The Kier molecular flexibility index (Phi) is 7.95. The zero-order valence-corrected chi connectivity index (χ0v) is 20.5. The molecule has 0 spiro atoms. The van der Waals surface area contributed by atoms with Gasteiger partial charge in [0, 0.05) is 29.3 Å². The minimum atomic E-state index is -1.36. The molecular weight excluding hydrogens is 536 g/mol. The second kappa shape index (κ2) is 10.7. The Morgan fingerprint density at radius 1 is 1.15 bits per heavy atom. The topological polar surface area (TPSA) is 135 Å². The van der Waals surface area contributed by atoms with Crippen LogP contribution in [0.3, 0.4) is 0 Å². The van der Waals surface area contributed by atoms with Crippen LogP contribution in [-0.4, -0.2) is 48.7 Å². The average molecular weight is 554 g/mol. The van der Waals surface area contributed by atoms with E-state index < -0.39 is 28.5 Å². The lowest BCUT2D eigenvalue weighted by molar-refractivity contribution is -0.119. The SMILES string of the molecule is Cc1cccc(C(=O)NNC(=O)CS(C)=O)c1NC(=O)c1cc(Br)nn1-c1ncccc1Cl. The number of pyridine rings is 1. The predicted octanol–water partition coefficient (Wildman–Crippen LogP) is 2.38. The number of nitrogens with one attached hydrogen (secondary N) is 3. The molecule has 172 valence electrons. The summed E-state index contributed by atoms with van der Waals surface area (Å²) >= 11 is 9.46. The number of carbonyl (C=O) groups excluding carboxylic acids is 3. The minimum absolute atomic E-state index is 0.113. The summed E-state index contributed by atoms with van der Waals surface area (Å²) in [5, 5.41) is 7.25. The Hall–Kier alpha value is -3.09. The minimum Gasteiger partial charge on any atom is -0.320 e. The molecule has 3 N–H and O–H groups in total. The van der Waals surface area contributed by atoms with E-state index in [0.717, 1.165) is 0 Å². The molecule has 0 saturated heterocycles. The van der Waals surface area contributed by atoms with E-state index in [-0.39, 0.29) is 28.5 Å². The quantitative estimate of drug-likeness (QED) is 0.401. The van der Waals surface area contributed by atoms with Gasteiger partial charge in [-0.1, -0.05) is 23.7 Å². The van der Waals surface area contributed by atoms with Crippen molar-refractivity contribution in [3.63, 3.8) is 0 Å². The molecule has 0 saturated carbocycles. The van der Waals surface area contributed by atoms with Gasteiger partial charge in [-0.25, -0.2) is 9.67 Å². The van der Waals surface area contributed by atoms with Gasteiger partial charge in [0.2, 0.25) is 0 Å². The van der Waals surface area contributed by atoms with Gasteiger partial charge in [-0.05, 0) is 46.6 Å². The Morgan fingerprint density at radius 3 is 2.61 bits per heavy atom. The van der Waals surface area contributed by atoms with Gasteiger partial charge in [0.25, 0.3) is 17.7 Å². The molecule has 2 heterocycles. The molecule has 2 aromatic heterocycles. The van der Waals surface area contributed by atoms with Crippen molar-refractivity contribution in [1.29, 1.82) is 0 Å². The van der Waals surface area contributed by atoms with Gasteiger partial charge in [-0.15, -0.1) is 0 Å². The predicted molar refractivity (Wildman–Crippen MR) is 128 cm³/mol. The maximum absolute atomic E-state index is 13.1. The number of hydrazine groups is 1. The highest BCUT2D eigenvalue weighted by atomic mass is 79.9. The van der Waals surface area contributed by atoms with Crippen molar-refractivity contribution in [3.05, 3.63) is 69.0 Å². The third-order valence-electron chi connectivity index (χ3n) is 4.26. The standard InChI is InChI=1S/C20H18BrClN6O4S/c1-11-5-3-6-12(19(30)26-25-16(29)10-33(2)32)17(11)24-20(31)14-9-15(21)27-28(14)18-13(22)7-4-8-23-18/h3-9H,10H2,1-2H3,(H,24,31)(H,25,29)(H,26,30). The number of nitrogens with zero attached hydrogens (tertiary/aromatic N) is 3. The molecule has 10 nitrogen and oxygen atoms in total. The molecular formula is C20H18BrClN6O4S. The first kappa shape index (κ1) is 24.6. The maximum Gasteiger partial charge on any atom is 0.274 e. The van der Waals surface area contributed by atoms with E-state index in [1.54, 1.807) is 31.2 Å². The van der Waals surface area contributed by atoms with Crippen molar-refractivity contribution >= 4 is 61.7 Å². The van der Waals surface area contributed by atoms with Crippen molar-refractivity contribution < 1.29 is 18.6 Å². The van der Waals surface area contributed by atoms with E-state index in [0.29, 0.717) is 15.2 Å². The van der Waals surface area contributed by atoms with Gasteiger partial charge in [-0.3, -0.25) is 29.4 Å². The van der Waals surface area contributed by atoms with Crippen LogP contribution in [0, 0.1) is 6.92 Å². The number of carbonyl (C=O) groups is 3. The van der Waals surface area contributed by atoms with Crippen LogP contribution >= 0.6 is 27.5 Å². The van der Waals surface area contributed by atoms with Crippen molar-refractivity contribution in [2.45, 2.75) is 6.92 Å². The molecule has 1 atom stereocenters. The second-order valence-corrected chi connectivity index (χ2v) is 9.40. The normalized spacial score (nSPS) is 11.5. The van der Waals surface area contributed by atoms with E-state index in [9.17, 15) is 18.6 Å². The van der Waals surface area contributed by atoms with E-state index >= 15 is 0 Å². The van der Waals surface area contributed by atoms with Gasteiger partial charge in [0.05, 0.1) is 16.3 Å². The number of anilines is 1. The maximum atomic E-state index is 13.1. The Labute approximate surface area is 204 Å². The summed E-state index contributed by atoms with van der Waals surface area (Å²) in [7, 11) is -1.36. The van der Waals surface area contributed by atoms with Gasteiger partial charge in [-0.2, -0.15) is 5.10 Å². The second-order valence-electron chi connectivity index (χ2n) is 6.74. The van der Waals surface area contributed by atoms with Crippen molar-refractivity contribution in [3.8, 4) is 5.82 Å². The van der Waals surface area contributed by atoms with Gasteiger partial charge in [0.1, 0.15) is 16.0 Å². The lowest BCUT2D eigenvalue weighted by Gasteiger charge is -2.15. The van der Waals surface area contributed by atoms with E-state index in [1.165, 1.54) is 29.3 Å². The fourth-order valence-corrected chi connectivity index (χ4v) is 3.84. The van der Waals surface area contributed by atoms with Crippen molar-refractivity contribution in [2.24, 2.45) is 0 Å². The monoisotopic (exact) mass is 552 g/mol. The summed E-state index contributed by atoms with van der Waals surface area (Å²) in [4.78, 5) is 41.7. The molecule has 0 radical (unpaired) electrons. The Balaban J connectivity index is 1.87. The lowest BCUT2D eigenvalue weighted by atomic mass is 10.1. The molecule has 0 aliphatic heterocycles. The number of amides is 3. The fourth-order valence-electron chi connectivity index (χ4n) is 2.82. The molecule has 0 aliphatic carbocycles. The highest BCUT2D eigenvalue weighted by Gasteiger charge is 2.22. The first-order chi connectivity index (χ1) is 15.7. The number of aromatic nitrogens is 3. The average Bonchev–Trinajstić information content (AvgIpc) is 3.14. The largest absolute Gasteiger partial charge is 0.320 e. The molecule has 0 bridgehead atoms. The van der Waals surface area contributed by atoms with E-state index in [4.69, 9.17) is 11.6 Å². The van der Waals surface area contributed by atoms with E-state index in [2.05, 4.69) is 42.2 Å². The molecule has 0 fully saturated rings. The number of hydrogen-bond acceptors (Lipinski definition) is 6. The molecule has 3 rings (SSSR count). The van der Waals surface area contributed by atoms with Crippen LogP contribution in [0.15, 0.2) is 47.2 Å². The Bertz CT molecular complexity index is 1270. The first-order valence-corrected chi connectivity index (χ1v) is 12.2. The zero-order chi connectivity index (χ0) is 24.1. The number of benzene rings is 1. The highest BCUT2D eigenvalue weighted by Crippen LogP contribution is 2.24. The van der Waals surface area contributed by atoms with Crippen LogP contribution in [0.2, 0.25) is 5.02 Å². The summed E-state index contributed by atoms with van der Waals surface area (Å²) in [6, 6.07) is 9.60. The number of rotatable bonds is 6. The van der Waals surface area contributed by atoms with Crippen molar-refractivity contribution in [2.75, 3.05) is 17.3 Å². The summed E-state index contributed by atoms with van der Waals surface area (Å²) in [5.41, 5.74) is 5.54. The van der Waals surface area contributed by atoms with Crippen LogP contribution < -0.4 is 16.2 Å². The molecule has 33 heavy (non-hydrogen) atoms. The number of aryl methyl sites for hydroxylation is 1. The number of para-hydroxylation sites is 1. The van der Waals surface area contributed by atoms with Crippen LogP contribution in [0.25, 0.3) is 5.82 Å². The smallest absolute Gasteiger partial charge is 0.274 e. The zero-order valence-electron chi connectivity index (χ0n) is 17.4. The van der Waals surface area contributed by atoms with Crippen LogP contribution in [0.1, 0.15) is 26.4 Å². The number of hydrogen-bond donors (Lipinski definition) is 3. The van der Waals surface area contributed by atoms with E-state index in [1.807, 2.05) is 0 Å². The molecule has 13 heteroatoms. The van der Waals surface area contributed by atoms with Crippen molar-refractivity contribution in [1.82, 2.24) is 25.6 Å².